The highest BCUT2D eigenvalue weighted by molar-refractivity contribution is 9.10. The lowest BCUT2D eigenvalue weighted by molar-refractivity contribution is 1.49. The average Bonchev–Trinajstić information content (AvgIpc) is 2.05. The molecular formula is C8H6BrNO. The van der Waals surface area contributed by atoms with Gasteiger partial charge in [0.25, 0.3) is 0 Å². The van der Waals surface area contributed by atoms with Crippen molar-refractivity contribution in [1.82, 2.24) is 0 Å². The third kappa shape index (κ3) is 1.98. The van der Waals surface area contributed by atoms with Gasteiger partial charge in [-0.1, -0.05) is 34.6 Å². The maximum atomic E-state index is 10.0. The van der Waals surface area contributed by atoms with E-state index in [0.29, 0.717) is 0 Å². The summed E-state index contributed by atoms with van der Waals surface area (Å²) in [5.74, 6) is 0. The van der Waals surface area contributed by atoms with Crippen molar-refractivity contribution in [3.63, 3.8) is 0 Å². The van der Waals surface area contributed by atoms with E-state index in [1.807, 2.05) is 12.1 Å². The van der Waals surface area contributed by atoms with Crippen LogP contribution in [-0.2, 0) is 0 Å². The molecule has 0 amide bonds. The van der Waals surface area contributed by atoms with Gasteiger partial charge in [-0.3, -0.25) is 0 Å². The molecule has 0 N–H and O–H groups in total. The first-order valence-corrected chi connectivity index (χ1v) is 3.81. The van der Waals surface area contributed by atoms with Crippen molar-refractivity contribution in [2.24, 2.45) is 5.18 Å². The van der Waals surface area contributed by atoms with Gasteiger partial charge in [-0.15, -0.1) is 4.91 Å². The molecule has 56 valence electrons. The molecule has 0 saturated heterocycles. The van der Waals surface area contributed by atoms with Crippen molar-refractivity contribution in [3.8, 4) is 0 Å². The Morgan fingerprint density at radius 3 is 2.36 bits per heavy atom. The fourth-order valence-corrected chi connectivity index (χ4v) is 0.959. The molecule has 0 aliphatic carbocycles. The second-order valence-corrected chi connectivity index (χ2v) is 2.96. The van der Waals surface area contributed by atoms with Gasteiger partial charge in [-0.25, -0.2) is 0 Å². The van der Waals surface area contributed by atoms with E-state index in [2.05, 4.69) is 27.7 Å². The third-order valence-corrected chi connectivity index (χ3v) is 1.82. The minimum atomic E-state index is 0.262. The van der Waals surface area contributed by atoms with E-state index in [1.165, 1.54) is 0 Å². The average molecular weight is 212 g/mol. The second-order valence-electron chi connectivity index (χ2n) is 2.04. The Morgan fingerprint density at radius 1 is 1.36 bits per heavy atom. The molecule has 1 aromatic rings. The number of benzene rings is 1. The molecule has 2 nitrogen and oxygen atoms in total. The highest BCUT2D eigenvalue weighted by atomic mass is 79.9. The molecule has 0 saturated carbocycles. The summed E-state index contributed by atoms with van der Waals surface area (Å²) in [6, 6.07) is 7.25. The van der Waals surface area contributed by atoms with Crippen molar-refractivity contribution in [2.75, 3.05) is 0 Å². The lowest BCUT2D eigenvalue weighted by Gasteiger charge is -1.95. The van der Waals surface area contributed by atoms with Crippen LogP contribution in [0.25, 0.3) is 5.70 Å². The maximum Gasteiger partial charge on any atom is 0.108 e. The maximum absolute atomic E-state index is 10.0. The molecule has 0 spiro atoms. The molecule has 0 bridgehead atoms. The monoisotopic (exact) mass is 211 g/mol. The SMILES string of the molecule is C=C(N=O)c1ccc(Br)cc1. The van der Waals surface area contributed by atoms with Crippen molar-refractivity contribution in [3.05, 3.63) is 45.8 Å². The first-order valence-electron chi connectivity index (χ1n) is 3.02. The van der Waals surface area contributed by atoms with Gasteiger partial charge in [0.15, 0.2) is 0 Å². The number of rotatable bonds is 2. The molecule has 0 unspecified atom stereocenters. The fraction of sp³-hybridized carbons (Fsp3) is 0. The third-order valence-electron chi connectivity index (χ3n) is 1.29. The van der Waals surface area contributed by atoms with Crippen LogP contribution in [0.1, 0.15) is 5.56 Å². The summed E-state index contributed by atoms with van der Waals surface area (Å²) in [6.45, 7) is 3.48. The molecule has 1 aromatic carbocycles. The Balaban J connectivity index is 2.98. The summed E-state index contributed by atoms with van der Waals surface area (Å²) in [6.07, 6.45) is 0. The molecule has 0 aromatic heterocycles. The Kier molecular flexibility index (Phi) is 2.54. The summed E-state index contributed by atoms with van der Waals surface area (Å²) < 4.78 is 0.972. The number of hydrogen-bond acceptors (Lipinski definition) is 2. The summed E-state index contributed by atoms with van der Waals surface area (Å²) in [7, 11) is 0. The van der Waals surface area contributed by atoms with E-state index in [0.717, 1.165) is 10.0 Å². The van der Waals surface area contributed by atoms with Crippen molar-refractivity contribution in [1.29, 1.82) is 0 Å². The summed E-state index contributed by atoms with van der Waals surface area (Å²) in [4.78, 5) is 10.0. The fourth-order valence-electron chi connectivity index (χ4n) is 0.695. The molecular weight excluding hydrogens is 206 g/mol. The minimum Gasteiger partial charge on any atom is -0.145 e. The lowest BCUT2D eigenvalue weighted by atomic mass is 10.2. The Morgan fingerprint density at radius 2 is 1.91 bits per heavy atom. The Labute approximate surface area is 73.0 Å². The largest absolute Gasteiger partial charge is 0.145 e. The first-order chi connectivity index (χ1) is 5.24. The predicted octanol–water partition coefficient (Wildman–Crippen LogP) is 3.19. The van der Waals surface area contributed by atoms with Gasteiger partial charge in [0.05, 0.1) is 0 Å². The number of halogens is 1. The van der Waals surface area contributed by atoms with Crippen LogP contribution in [-0.4, -0.2) is 0 Å². The predicted molar refractivity (Wildman–Crippen MR) is 49.0 cm³/mol. The van der Waals surface area contributed by atoms with Gasteiger partial charge in [0.1, 0.15) is 5.70 Å². The Hall–Kier alpha value is -0.960. The van der Waals surface area contributed by atoms with E-state index in [9.17, 15) is 4.91 Å². The van der Waals surface area contributed by atoms with Crippen molar-refractivity contribution < 1.29 is 0 Å². The minimum absolute atomic E-state index is 0.262. The number of nitroso groups, excluding NO2 is 1. The van der Waals surface area contributed by atoms with Crippen LogP contribution < -0.4 is 0 Å². The van der Waals surface area contributed by atoms with Crippen molar-refractivity contribution in [2.45, 2.75) is 0 Å². The van der Waals surface area contributed by atoms with Gasteiger partial charge >= 0.3 is 0 Å². The topological polar surface area (TPSA) is 29.4 Å². The molecule has 1 rings (SSSR count). The summed E-state index contributed by atoms with van der Waals surface area (Å²) in [5.41, 5.74) is 1.01. The first kappa shape index (κ1) is 8.14. The quantitative estimate of drug-likeness (QED) is 0.692. The molecule has 11 heavy (non-hydrogen) atoms. The molecule has 0 fully saturated rings. The molecule has 0 aliphatic rings. The van der Waals surface area contributed by atoms with E-state index < -0.39 is 0 Å². The standard InChI is InChI=1S/C8H6BrNO/c1-6(10-11)7-2-4-8(9)5-3-7/h2-5H,1H2. The van der Waals surface area contributed by atoms with Crippen LogP contribution in [0.5, 0.6) is 0 Å². The summed E-state index contributed by atoms with van der Waals surface area (Å²) >= 11 is 3.28. The normalized spacial score (nSPS) is 9.18. The molecule has 3 heteroatoms. The second kappa shape index (κ2) is 3.44. The molecule has 0 radical (unpaired) electrons. The van der Waals surface area contributed by atoms with Gasteiger partial charge in [0.2, 0.25) is 0 Å². The highest BCUT2D eigenvalue weighted by Crippen LogP contribution is 2.16. The van der Waals surface area contributed by atoms with Crippen LogP contribution in [0.4, 0.5) is 0 Å². The Bertz CT molecular complexity index is 279. The van der Waals surface area contributed by atoms with Crippen LogP contribution >= 0.6 is 15.9 Å². The van der Waals surface area contributed by atoms with Crippen LogP contribution in [0, 0.1) is 4.91 Å². The lowest BCUT2D eigenvalue weighted by Crippen LogP contribution is -1.76. The van der Waals surface area contributed by atoms with Crippen LogP contribution in [0.15, 0.2) is 40.5 Å². The van der Waals surface area contributed by atoms with E-state index >= 15 is 0 Å². The summed E-state index contributed by atoms with van der Waals surface area (Å²) in [5, 5.41) is 2.73. The molecule has 0 aliphatic heterocycles. The highest BCUT2D eigenvalue weighted by Gasteiger charge is 1.96. The van der Waals surface area contributed by atoms with Crippen molar-refractivity contribution >= 4 is 21.6 Å². The van der Waals surface area contributed by atoms with E-state index in [4.69, 9.17) is 0 Å². The smallest absolute Gasteiger partial charge is 0.108 e. The van der Waals surface area contributed by atoms with Gasteiger partial charge in [0, 0.05) is 10.0 Å². The zero-order valence-corrected chi connectivity index (χ0v) is 7.34. The van der Waals surface area contributed by atoms with E-state index in [-0.39, 0.29) is 5.70 Å². The van der Waals surface area contributed by atoms with E-state index in [1.54, 1.807) is 12.1 Å². The zero-order valence-electron chi connectivity index (χ0n) is 5.75. The van der Waals surface area contributed by atoms with Gasteiger partial charge in [-0.05, 0) is 17.3 Å². The zero-order chi connectivity index (χ0) is 8.27. The number of hydrogen-bond donors (Lipinski definition) is 0. The van der Waals surface area contributed by atoms with Crippen LogP contribution in [0.2, 0.25) is 0 Å². The molecule has 0 heterocycles. The molecule has 0 atom stereocenters. The van der Waals surface area contributed by atoms with Gasteiger partial charge in [-0.2, -0.15) is 0 Å². The number of nitrogens with zero attached hydrogens (tertiary/aromatic N) is 1. The van der Waals surface area contributed by atoms with Crippen LogP contribution in [0.3, 0.4) is 0 Å². The van der Waals surface area contributed by atoms with Gasteiger partial charge < -0.3 is 0 Å².